The van der Waals surface area contributed by atoms with Crippen LogP contribution in [0.1, 0.15) is 16.7 Å². The summed E-state index contributed by atoms with van der Waals surface area (Å²) in [5, 5.41) is 16.4. The van der Waals surface area contributed by atoms with Crippen molar-refractivity contribution in [2.24, 2.45) is 0 Å². The van der Waals surface area contributed by atoms with Gasteiger partial charge in [-0.05, 0) is 41.3 Å². The highest BCUT2D eigenvalue weighted by atomic mass is 19.4. The molecule has 0 saturated heterocycles. The van der Waals surface area contributed by atoms with Crippen LogP contribution in [0.4, 0.5) is 13.2 Å². The van der Waals surface area contributed by atoms with Crippen molar-refractivity contribution in [2.45, 2.75) is 19.2 Å². The molecule has 0 unspecified atom stereocenters. The number of methoxy groups -OCH3 is 1. The van der Waals surface area contributed by atoms with Crippen LogP contribution >= 0.6 is 0 Å². The summed E-state index contributed by atoms with van der Waals surface area (Å²) in [7, 11) is 1.42. The Morgan fingerprint density at radius 2 is 1.91 bits per heavy atom. The normalized spacial score (nSPS) is 11.7. The van der Waals surface area contributed by atoms with Gasteiger partial charge >= 0.3 is 6.18 Å². The number of rotatable bonds is 7. The van der Waals surface area contributed by atoms with Gasteiger partial charge in [-0.3, -0.25) is 9.89 Å². The summed E-state index contributed by atoms with van der Waals surface area (Å²) in [4.78, 5) is 14.6. The van der Waals surface area contributed by atoms with Crippen LogP contribution in [0.15, 0.2) is 53.5 Å². The molecule has 0 amide bonds. The van der Waals surface area contributed by atoms with Crippen LogP contribution in [-0.4, -0.2) is 34.0 Å². The van der Waals surface area contributed by atoms with E-state index in [1.807, 2.05) is 0 Å². The smallest absolute Gasteiger partial charge is 0.416 e. The predicted octanol–water partition coefficient (Wildman–Crippen LogP) is 4.06. The first kappa shape index (κ1) is 22.4. The zero-order valence-corrected chi connectivity index (χ0v) is 17.5. The van der Waals surface area contributed by atoms with Crippen LogP contribution in [0.25, 0.3) is 22.2 Å². The molecule has 172 valence electrons. The SMILES string of the molecule is COc1cc(-c2cc(=O)[nH]c3n[nH]cc23)ccc1OCc1ccc(CCO)cc1C(F)(F)F. The molecule has 0 radical (unpaired) electrons. The Morgan fingerprint density at radius 3 is 2.64 bits per heavy atom. The van der Waals surface area contributed by atoms with Crippen molar-refractivity contribution in [3.8, 4) is 22.6 Å². The molecule has 0 aliphatic heterocycles. The number of pyridine rings is 1. The number of nitrogens with one attached hydrogen (secondary N) is 2. The van der Waals surface area contributed by atoms with Gasteiger partial charge in [-0.15, -0.1) is 0 Å². The van der Waals surface area contributed by atoms with Gasteiger partial charge < -0.3 is 19.6 Å². The molecule has 0 aliphatic carbocycles. The highest BCUT2D eigenvalue weighted by Crippen LogP contribution is 2.37. The Balaban J connectivity index is 1.64. The fourth-order valence-corrected chi connectivity index (χ4v) is 3.60. The van der Waals surface area contributed by atoms with Crippen LogP contribution in [0, 0.1) is 0 Å². The Hall–Kier alpha value is -3.79. The fourth-order valence-electron chi connectivity index (χ4n) is 3.60. The number of alkyl halides is 3. The molecule has 3 N–H and O–H groups in total. The minimum atomic E-state index is -4.56. The van der Waals surface area contributed by atoms with Crippen molar-refractivity contribution in [1.82, 2.24) is 15.2 Å². The third kappa shape index (κ3) is 4.70. The molecule has 0 bridgehead atoms. The van der Waals surface area contributed by atoms with Crippen molar-refractivity contribution in [1.29, 1.82) is 0 Å². The number of hydrogen-bond donors (Lipinski definition) is 3. The van der Waals surface area contributed by atoms with Crippen LogP contribution in [0.3, 0.4) is 0 Å². The number of H-pyrrole nitrogens is 2. The highest BCUT2D eigenvalue weighted by Gasteiger charge is 2.33. The first-order chi connectivity index (χ1) is 15.8. The zero-order chi connectivity index (χ0) is 23.6. The second-order valence-corrected chi connectivity index (χ2v) is 7.31. The number of fused-ring (bicyclic) bond motifs is 1. The molecule has 2 aromatic heterocycles. The quantitative estimate of drug-likeness (QED) is 0.387. The molecule has 0 fully saturated rings. The Labute approximate surface area is 185 Å². The van der Waals surface area contributed by atoms with Gasteiger partial charge in [0.25, 0.3) is 0 Å². The maximum Gasteiger partial charge on any atom is 0.416 e. The molecule has 4 rings (SSSR count). The van der Waals surface area contributed by atoms with E-state index < -0.39 is 11.7 Å². The van der Waals surface area contributed by atoms with E-state index in [1.54, 1.807) is 24.4 Å². The van der Waals surface area contributed by atoms with Gasteiger partial charge in [0.1, 0.15) is 6.61 Å². The molecule has 2 aromatic carbocycles. The van der Waals surface area contributed by atoms with Gasteiger partial charge in [0.2, 0.25) is 5.56 Å². The van der Waals surface area contributed by atoms with Crippen LogP contribution < -0.4 is 15.0 Å². The summed E-state index contributed by atoms with van der Waals surface area (Å²) in [5.41, 5.74) is 0.889. The van der Waals surface area contributed by atoms with Gasteiger partial charge in [-0.1, -0.05) is 18.2 Å². The van der Waals surface area contributed by atoms with E-state index in [-0.39, 0.29) is 36.5 Å². The van der Waals surface area contributed by atoms with Crippen molar-refractivity contribution >= 4 is 11.0 Å². The average Bonchev–Trinajstić information content (AvgIpc) is 3.25. The third-order valence-electron chi connectivity index (χ3n) is 5.19. The number of benzene rings is 2. The molecule has 4 aromatic rings. The van der Waals surface area contributed by atoms with E-state index in [0.717, 1.165) is 6.07 Å². The van der Waals surface area contributed by atoms with E-state index in [2.05, 4.69) is 15.2 Å². The molecule has 0 saturated carbocycles. The van der Waals surface area contributed by atoms with Crippen molar-refractivity contribution in [2.75, 3.05) is 13.7 Å². The van der Waals surface area contributed by atoms with Crippen molar-refractivity contribution < 1.29 is 27.8 Å². The largest absolute Gasteiger partial charge is 0.493 e. The van der Waals surface area contributed by atoms with Crippen LogP contribution in [-0.2, 0) is 19.2 Å². The van der Waals surface area contributed by atoms with Gasteiger partial charge in [0.15, 0.2) is 17.1 Å². The van der Waals surface area contributed by atoms with Crippen LogP contribution in [0.2, 0.25) is 0 Å². The Kier molecular flexibility index (Phi) is 6.10. The first-order valence-electron chi connectivity index (χ1n) is 9.98. The molecule has 7 nitrogen and oxygen atoms in total. The van der Waals surface area contributed by atoms with Crippen molar-refractivity contribution in [3.63, 3.8) is 0 Å². The molecule has 0 aliphatic rings. The third-order valence-corrected chi connectivity index (χ3v) is 5.19. The summed E-state index contributed by atoms with van der Waals surface area (Å²) in [6, 6.07) is 10.2. The zero-order valence-electron chi connectivity index (χ0n) is 17.5. The Bertz CT molecular complexity index is 1350. The van der Waals surface area contributed by atoms with E-state index >= 15 is 0 Å². The molecule has 0 spiro atoms. The molecule has 0 atom stereocenters. The molecular formula is C23H20F3N3O4. The van der Waals surface area contributed by atoms with E-state index in [1.165, 1.54) is 25.3 Å². The topological polar surface area (TPSA) is 100 Å². The number of nitrogens with zero attached hydrogens (tertiary/aromatic N) is 1. The lowest BCUT2D eigenvalue weighted by Gasteiger charge is -2.17. The fraction of sp³-hybridized carbons (Fsp3) is 0.217. The number of ether oxygens (including phenoxy) is 2. The summed E-state index contributed by atoms with van der Waals surface area (Å²) in [6.07, 6.45) is -2.78. The summed E-state index contributed by atoms with van der Waals surface area (Å²) in [5.74, 6) is 0.553. The number of aromatic amines is 2. The summed E-state index contributed by atoms with van der Waals surface area (Å²) in [6.45, 7) is -0.573. The second kappa shape index (κ2) is 8.99. The van der Waals surface area contributed by atoms with Crippen LogP contribution in [0.5, 0.6) is 11.5 Å². The Morgan fingerprint density at radius 1 is 1.09 bits per heavy atom. The van der Waals surface area contributed by atoms with E-state index in [9.17, 15) is 18.0 Å². The maximum atomic E-state index is 13.5. The number of hydrogen-bond acceptors (Lipinski definition) is 5. The standard InChI is InChI=1S/C23H20F3N3O4/c1-32-20-9-14(16-10-21(31)28-22-17(16)11-27-29-22)4-5-19(20)33-12-15-3-2-13(6-7-30)8-18(15)23(24,25)26/h2-5,8-11,30H,6-7,12H2,1H3,(H2,27,28,29,31). The molecule has 2 heterocycles. The van der Waals surface area contributed by atoms with Gasteiger partial charge in [-0.2, -0.15) is 18.3 Å². The number of aromatic nitrogens is 3. The minimum absolute atomic E-state index is 0.0370. The lowest BCUT2D eigenvalue weighted by Crippen LogP contribution is -2.12. The van der Waals surface area contributed by atoms with E-state index in [4.69, 9.17) is 14.6 Å². The monoisotopic (exact) mass is 459 g/mol. The first-order valence-corrected chi connectivity index (χ1v) is 9.98. The van der Waals surface area contributed by atoms with Crippen molar-refractivity contribution in [3.05, 3.63) is 75.7 Å². The average molecular weight is 459 g/mol. The molecular weight excluding hydrogens is 439 g/mol. The summed E-state index contributed by atoms with van der Waals surface area (Å²) >= 11 is 0. The van der Waals surface area contributed by atoms with E-state index in [0.29, 0.717) is 33.5 Å². The number of halogens is 3. The van der Waals surface area contributed by atoms with Gasteiger partial charge in [0, 0.05) is 29.8 Å². The second-order valence-electron chi connectivity index (χ2n) is 7.31. The number of aliphatic hydroxyl groups excluding tert-OH is 1. The summed E-state index contributed by atoms with van der Waals surface area (Å²) < 4.78 is 51.7. The molecule has 33 heavy (non-hydrogen) atoms. The highest BCUT2D eigenvalue weighted by molar-refractivity contribution is 5.92. The van der Waals surface area contributed by atoms with Gasteiger partial charge in [0.05, 0.1) is 12.7 Å². The predicted molar refractivity (Wildman–Crippen MR) is 115 cm³/mol. The molecule has 10 heteroatoms. The van der Waals surface area contributed by atoms with Gasteiger partial charge in [-0.25, -0.2) is 0 Å². The number of aliphatic hydroxyl groups is 1. The minimum Gasteiger partial charge on any atom is -0.493 e. The lowest BCUT2D eigenvalue weighted by atomic mass is 10.0. The maximum absolute atomic E-state index is 13.5. The lowest BCUT2D eigenvalue weighted by molar-refractivity contribution is -0.138.